The van der Waals surface area contributed by atoms with E-state index in [4.69, 9.17) is 4.74 Å². The van der Waals surface area contributed by atoms with Gasteiger partial charge in [-0.2, -0.15) is 0 Å². The molecule has 1 aliphatic heterocycles. The molecular formula is C16H30N2O3. The highest BCUT2D eigenvalue weighted by molar-refractivity contribution is 5.91. The zero-order valence-corrected chi connectivity index (χ0v) is 14.2. The number of hydrogen-bond donors (Lipinski definition) is 1. The molecule has 0 spiro atoms. The Morgan fingerprint density at radius 1 is 1.33 bits per heavy atom. The van der Waals surface area contributed by atoms with Crippen molar-refractivity contribution in [2.45, 2.75) is 60.0 Å². The number of nitrogens with zero attached hydrogens (tertiary/aromatic N) is 1. The van der Waals surface area contributed by atoms with Gasteiger partial charge in [-0.15, -0.1) is 0 Å². The second kappa shape index (κ2) is 7.25. The second-order valence-electron chi connectivity index (χ2n) is 7.42. The van der Waals surface area contributed by atoms with Crippen molar-refractivity contribution in [1.82, 2.24) is 10.2 Å². The van der Waals surface area contributed by atoms with E-state index >= 15 is 0 Å². The summed E-state index contributed by atoms with van der Waals surface area (Å²) >= 11 is 0. The molecule has 0 aromatic rings. The van der Waals surface area contributed by atoms with Crippen LogP contribution in [-0.2, 0) is 14.3 Å². The Labute approximate surface area is 128 Å². The molecule has 0 aliphatic carbocycles. The van der Waals surface area contributed by atoms with Gasteiger partial charge in [-0.25, -0.2) is 0 Å². The maximum absolute atomic E-state index is 12.7. The minimum absolute atomic E-state index is 0.00556. The van der Waals surface area contributed by atoms with Gasteiger partial charge in [-0.05, 0) is 18.3 Å². The highest BCUT2D eigenvalue weighted by atomic mass is 16.5. The van der Waals surface area contributed by atoms with Crippen LogP contribution in [0.5, 0.6) is 0 Å². The Morgan fingerprint density at radius 3 is 2.48 bits per heavy atom. The van der Waals surface area contributed by atoms with Crippen LogP contribution < -0.4 is 5.32 Å². The number of amides is 2. The quantitative estimate of drug-likeness (QED) is 0.788. The van der Waals surface area contributed by atoms with Crippen LogP contribution in [0.15, 0.2) is 0 Å². The number of nitrogens with one attached hydrogen (secondary N) is 1. The number of carbonyl (C=O) groups excluding carboxylic acids is 2. The predicted molar refractivity (Wildman–Crippen MR) is 82.8 cm³/mol. The summed E-state index contributed by atoms with van der Waals surface area (Å²) in [4.78, 5) is 26.5. The standard InChI is InChI=1S/C16H30N2O3/c1-11(2)10-21-8-7-18-12(3)9-13(19)17-14(15(18)20)16(4,5)6/h11-12,14H,7-10H2,1-6H3,(H,17,19). The van der Waals surface area contributed by atoms with Gasteiger partial charge < -0.3 is 15.0 Å². The SMILES string of the molecule is CC(C)COCCN1C(=O)C(C(C)(C)C)NC(=O)CC1C. The summed E-state index contributed by atoms with van der Waals surface area (Å²) in [6.07, 6.45) is 0.350. The van der Waals surface area contributed by atoms with Gasteiger partial charge in [0.1, 0.15) is 6.04 Å². The van der Waals surface area contributed by atoms with Crippen LogP contribution in [0.25, 0.3) is 0 Å². The molecular weight excluding hydrogens is 268 g/mol. The van der Waals surface area contributed by atoms with Gasteiger partial charge in [0.05, 0.1) is 6.61 Å². The summed E-state index contributed by atoms with van der Waals surface area (Å²) in [6, 6.07) is -0.562. The summed E-state index contributed by atoms with van der Waals surface area (Å²) in [6.45, 7) is 13.8. The molecule has 5 heteroatoms. The van der Waals surface area contributed by atoms with E-state index in [0.717, 1.165) is 0 Å². The molecule has 0 aromatic carbocycles. The van der Waals surface area contributed by atoms with Gasteiger partial charge in [-0.3, -0.25) is 9.59 Å². The van der Waals surface area contributed by atoms with Crippen LogP contribution in [0, 0.1) is 11.3 Å². The summed E-state index contributed by atoms with van der Waals surface area (Å²) in [5.74, 6) is 0.420. The van der Waals surface area contributed by atoms with Crippen LogP contribution in [0.3, 0.4) is 0 Å². The van der Waals surface area contributed by atoms with Gasteiger partial charge in [0, 0.05) is 25.6 Å². The largest absolute Gasteiger partial charge is 0.379 e. The molecule has 21 heavy (non-hydrogen) atoms. The summed E-state index contributed by atoms with van der Waals surface area (Å²) in [7, 11) is 0. The molecule has 1 aliphatic rings. The Bertz CT molecular complexity index is 374. The third-order valence-electron chi connectivity index (χ3n) is 3.64. The molecule has 0 aromatic heterocycles. The van der Waals surface area contributed by atoms with E-state index < -0.39 is 6.04 Å². The van der Waals surface area contributed by atoms with Crippen molar-refractivity contribution in [2.24, 2.45) is 11.3 Å². The van der Waals surface area contributed by atoms with Crippen LogP contribution in [0.1, 0.15) is 48.0 Å². The van der Waals surface area contributed by atoms with Crippen molar-refractivity contribution >= 4 is 11.8 Å². The zero-order chi connectivity index (χ0) is 16.2. The second-order valence-corrected chi connectivity index (χ2v) is 7.42. The van der Waals surface area contributed by atoms with Crippen molar-refractivity contribution in [3.05, 3.63) is 0 Å². The molecule has 2 unspecified atom stereocenters. The van der Waals surface area contributed by atoms with E-state index in [1.807, 2.05) is 27.7 Å². The Morgan fingerprint density at radius 2 is 1.95 bits per heavy atom. The van der Waals surface area contributed by atoms with Gasteiger partial charge in [0.2, 0.25) is 11.8 Å². The summed E-state index contributed by atoms with van der Waals surface area (Å²) in [5, 5.41) is 2.87. The van der Waals surface area contributed by atoms with Crippen molar-refractivity contribution in [3.8, 4) is 0 Å². The third kappa shape index (κ3) is 5.30. The number of ether oxygens (including phenoxy) is 1. The molecule has 0 radical (unpaired) electrons. The van der Waals surface area contributed by atoms with Gasteiger partial charge in [0.25, 0.3) is 0 Å². The lowest BCUT2D eigenvalue weighted by Crippen LogP contribution is -2.53. The van der Waals surface area contributed by atoms with Crippen molar-refractivity contribution in [2.75, 3.05) is 19.8 Å². The first-order valence-corrected chi connectivity index (χ1v) is 7.80. The van der Waals surface area contributed by atoms with E-state index in [1.165, 1.54) is 0 Å². The van der Waals surface area contributed by atoms with E-state index in [0.29, 0.717) is 32.1 Å². The van der Waals surface area contributed by atoms with E-state index in [1.54, 1.807) is 4.90 Å². The molecule has 122 valence electrons. The Balaban J connectivity index is 2.74. The van der Waals surface area contributed by atoms with E-state index in [2.05, 4.69) is 19.2 Å². The molecule has 2 amide bonds. The molecule has 1 saturated heterocycles. The lowest BCUT2D eigenvalue weighted by atomic mass is 9.86. The van der Waals surface area contributed by atoms with Crippen LogP contribution in [0.2, 0.25) is 0 Å². The minimum Gasteiger partial charge on any atom is -0.379 e. The molecule has 0 bridgehead atoms. The number of hydrogen-bond acceptors (Lipinski definition) is 3. The first kappa shape index (κ1) is 18.0. The average molecular weight is 298 g/mol. The van der Waals surface area contributed by atoms with Crippen molar-refractivity contribution < 1.29 is 14.3 Å². The number of carbonyl (C=O) groups is 2. The fourth-order valence-electron chi connectivity index (χ4n) is 2.44. The van der Waals surface area contributed by atoms with Crippen LogP contribution >= 0.6 is 0 Å². The normalized spacial score (nSPS) is 24.2. The molecule has 1 heterocycles. The average Bonchev–Trinajstić information content (AvgIpc) is 2.42. The highest BCUT2D eigenvalue weighted by Gasteiger charge is 2.39. The molecule has 1 N–H and O–H groups in total. The smallest absolute Gasteiger partial charge is 0.246 e. The summed E-state index contributed by atoms with van der Waals surface area (Å²) in [5.41, 5.74) is -0.298. The Kier molecular flexibility index (Phi) is 6.20. The fraction of sp³-hybridized carbons (Fsp3) is 0.875. The monoisotopic (exact) mass is 298 g/mol. The zero-order valence-electron chi connectivity index (χ0n) is 14.2. The molecule has 1 rings (SSSR count). The fourth-order valence-corrected chi connectivity index (χ4v) is 2.44. The highest BCUT2D eigenvalue weighted by Crippen LogP contribution is 2.24. The van der Waals surface area contributed by atoms with Gasteiger partial charge in [-0.1, -0.05) is 34.6 Å². The topological polar surface area (TPSA) is 58.6 Å². The first-order valence-electron chi connectivity index (χ1n) is 7.80. The molecule has 1 fully saturated rings. The van der Waals surface area contributed by atoms with Crippen molar-refractivity contribution in [3.63, 3.8) is 0 Å². The third-order valence-corrected chi connectivity index (χ3v) is 3.64. The summed E-state index contributed by atoms with van der Waals surface area (Å²) < 4.78 is 5.58. The van der Waals surface area contributed by atoms with E-state index in [9.17, 15) is 9.59 Å². The lowest BCUT2D eigenvalue weighted by molar-refractivity contribution is -0.138. The minimum atomic E-state index is -0.472. The van der Waals surface area contributed by atoms with Crippen molar-refractivity contribution in [1.29, 1.82) is 0 Å². The van der Waals surface area contributed by atoms with Crippen LogP contribution in [-0.4, -0.2) is 48.6 Å². The number of rotatable bonds is 5. The Hall–Kier alpha value is -1.10. The molecule has 2 atom stereocenters. The van der Waals surface area contributed by atoms with Crippen LogP contribution in [0.4, 0.5) is 0 Å². The van der Waals surface area contributed by atoms with Gasteiger partial charge in [0.15, 0.2) is 0 Å². The maximum atomic E-state index is 12.7. The molecule has 0 saturated carbocycles. The van der Waals surface area contributed by atoms with Gasteiger partial charge >= 0.3 is 0 Å². The molecule has 5 nitrogen and oxygen atoms in total. The van der Waals surface area contributed by atoms with E-state index in [-0.39, 0.29) is 23.3 Å². The maximum Gasteiger partial charge on any atom is 0.246 e. The lowest BCUT2D eigenvalue weighted by Gasteiger charge is -2.34. The first-order chi connectivity index (χ1) is 9.62. The predicted octanol–water partition coefficient (Wildman–Crippen LogP) is 1.81.